The van der Waals surface area contributed by atoms with Crippen molar-refractivity contribution >= 4 is 23.1 Å². The molecule has 2 rings (SSSR count). The molecule has 6 heteroatoms. The van der Waals surface area contributed by atoms with Gasteiger partial charge in [-0.15, -0.1) is 11.3 Å². The highest BCUT2D eigenvalue weighted by Crippen LogP contribution is 2.27. The molecule has 1 aromatic carbocycles. The van der Waals surface area contributed by atoms with Gasteiger partial charge in [0, 0.05) is 23.2 Å². The highest BCUT2D eigenvalue weighted by molar-refractivity contribution is 7.10. The fourth-order valence-electron chi connectivity index (χ4n) is 1.79. The number of nitrogens with zero attached hydrogens (tertiary/aromatic N) is 1. The van der Waals surface area contributed by atoms with Gasteiger partial charge in [-0.05, 0) is 26.0 Å². The number of amides is 2. The van der Waals surface area contributed by atoms with E-state index in [1.807, 2.05) is 31.4 Å². The minimum absolute atomic E-state index is 0.00884. The van der Waals surface area contributed by atoms with E-state index in [0.717, 1.165) is 16.3 Å². The van der Waals surface area contributed by atoms with Crippen molar-refractivity contribution in [2.75, 3.05) is 11.9 Å². The van der Waals surface area contributed by atoms with Gasteiger partial charge in [-0.2, -0.15) is 0 Å². The molecule has 20 heavy (non-hydrogen) atoms. The van der Waals surface area contributed by atoms with Gasteiger partial charge in [0.25, 0.3) is 0 Å². The minimum atomic E-state index is -0.570. The molecule has 0 saturated carbocycles. The van der Waals surface area contributed by atoms with Crippen molar-refractivity contribution in [2.24, 2.45) is 5.73 Å². The second-order valence-corrected chi connectivity index (χ2v) is 5.12. The third-order valence-electron chi connectivity index (χ3n) is 2.73. The van der Waals surface area contributed by atoms with Crippen molar-refractivity contribution in [1.29, 1.82) is 0 Å². The van der Waals surface area contributed by atoms with E-state index in [9.17, 15) is 4.79 Å². The Balaban J connectivity index is 2.13. The Morgan fingerprint density at radius 1 is 1.45 bits per heavy atom. The smallest absolute Gasteiger partial charge is 0.316 e. The number of carbonyl (C=O) groups excluding carboxylic acids is 1. The molecular formula is C14H17N3O2S. The van der Waals surface area contributed by atoms with Crippen LogP contribution in [0.4, 0.5) is 10.5 Å². The molecular weight excluding hydrogens is 274 g/mol. The number of primary amides is 1. The van der Waals surface area contributed by atoms with E-state index in [1.54, 1.807) is 23.5 Å². The van der Waals surface area contributed by atoms with Crippen LogP contribution in [0.2, 0.25) is 0 Å². The molecule has 0 spiro atoms. The zero-order chi connectivity index (χ0) is 14.5. The predicted molar refractivity (Wildman–Crippen MR) is 80.8 cm³/mol. The van der Waals surface area contributed by atoms with Gasteiger partial charge in [-0.25, -0.2) is 9.78 Å². The van der Waals surface area contributed by atoms with Gasteiger partial charge in [0.1, 0.15) is 11.1 Å². The number of benzene rings is 1. The first-order chi connectivity index (χ1) is 9.60. The number of anilines is 1. The maximum atomic E-state index is 10.7. The topological polar surface area (TPSA) is 77.2 Å². The number of aromatic nitrogens is 1. The summed E-state index contributed by atoms with van der Waals surface area (Å²) in [7, 11) is 0. The first-order valence-electron chi connectivity index (χ1n) is 6.34. The van der Waals surface area contributed by atoms with Crippen molar-refractivity contribution in [1.82, 2.24) is 4.98 Å². The van der Waals surface area contributed by atoms with Crippen LogP contribution in [0.1, 0.15) is 25.0 Å². The molecule has 2 aromatic rings. The average Bonchev–Trinajstić information content (AvgIpc) is 2.89. The highest BCUT2D eigenvalue weighted by Gasteiger charge is 2.11. The standard InChI is InChI=1S/C14H17N3O2S/c1-3-19-9(2)13-17-12(8-20-13)10-4-6-11(7-5-10)16-14(15)18/h4-9H,3H2,1-2H3,(H3,15,16,18)/t9-/m0/s1. The number of hydrogen-bond donors (Lipinski definition) is 2. The lowest BCUT2D eigenvalue weighted by molar-refractivity contribution is 0.0762. The van der Waals surface area contributed by atoms with E-state index >= 15 is 0 Å². The van der Waals surface area contributed by atoms with Gasteiger partial charge >= 0.3 is 6.03 Å². The van der Waals surface area contributed by atoms with Crippen molar-refractivity contribution in [3.05, 3.63) is 34.7 Å². The maximum Gasteiger partial charge on any atom is 0.316 e. The van der Waals surface area contributed by atoms with E-state index in [4.69, 9.17) is 10.5 Å². The van der Waals surface area contributed by atoms with E-state index in [0.29, 0.717) is 12.3 Å². The zero-order valence-electron chi connectivity index (χ0n) is 11.4. The van der Waals surface area contributed by atoms with Crippen LogP contribution in [0.25, 0.3) is 11.3 Å². The van der Waals surface area contributed by atoms with Crippen LogP contribution in [0.3, 0.4) is 0 Å². The molecule has 0 aliphatic carbocycles. The fourth-order valence-corrected chi connectivity index (χ4v) is 2.63. The van der Waals surface area contributed by atoms with Crippen LogP contribution in [0.5, 0.6) is 0 Å². The summed E-state index contributed by atoms with van der Waals surface area (Å²) in [4.78, 5) is 15.3. The van der Waals surface area contributed by atoms with Crippen LogP contribution < -0.4 is 11.1 Å². The maximum absolute atomic E-state index is 10.7. The number of ether oxygens (including phenoxy) is 1. The summed E-state index contributed by atoms with van der Waals surface area (Å²) in [6.45, 7) is 4.63. The monoisotopic (exact) mass is 291 g/mol. The first-order valence-corrected chi connectivity index (χ1v) is 7.22. The number of hydrogen-bond acceptors (Lipinski definition) is 4. The number of carbonyl (C=O) groups is 1. The molecule has 2 amide bonds. The SMILES string of the molecule is CCO[C@@H](C)c1nc(-c2ccc(NC(N)=O)cc2)cs1. The Labute approximate surface area is 121 Å². The van der Waals surface area contributed by atoms with Gasteiger partial charge in [0.15, 0.2) is 0 Å². The lowest BCUT2D eigenvalue weighted by Crippen LogP contribution is -2.19. The largest absolute Gasteiger partial charge is 0.372 e. The molecule has 0 radical (unpaired) electrons. The summed E-state index contributed by atoms with van der Waals surface area (Å²) in [5.74, 6) is 0. The molecule has 0 aliphatic rings. The third-order valence-corrected chi connectivity index (χ3v) is 3.74. The van der Waals surface area contributed by atoms with E-state index in [2.05, 4.69) is 10.3 Å². The number of nitrogens with one attached hydrogen (secondary N) is 1. The van der Waals surface area contributed by atoms with Gasteiger partial charge < -0.3 is 15.8 Å². The van der Waals surface area contributed by atoms with Crippen LogP contribution >= 0.6 is 11.3 Å². The lowest BCUT2D eigenvalue weighted by atomic mass is 10.1. The number of nitrogens with two attached hydrogens (primary N) is 1. The number of urea groups is 1. The molecule has 0 saturated heterocycles. The summed E-state index contributed by atoms with van der Waals surface area (Å²) in [5, 5.41) is 5.49. The minimum Gasteiger partial charge on any atom is -0.372 e. The number of thiazole rings is 1. The Hall–Kier alpha value is -1.92. The van der Waals surface area contributed by atoms with Crippen LogP contribution in [0, 0.1) is 0 Å². The summed E-state index contributed by atoms with van der Waals surface area (Å²) in [6.07, 6.45) is 0.00884. The highest BCUT2D eigenvalue weighted by atomic mass is 32.1. The molecule has 0 fully saturated rings. The molecule has 1 atom stereocenters. The molecule has 0 bridgehead atoms. The molecule has 1 heterocycles. The van der Waals surface area contributed by atoms with Crippen molar-refractivity contribution in [3.63, 3.8) is 0 Å². The summed E-state index contributed by atoms with van der Waals surface area (Å²) < 4.78 is 5.53. The normalized spacial score (nSPS) is 12.1. The van der Waals surface area contributed by atoms with Gasteiger partial charge in [-0.3, -0.25) is 0 Å². The van der Waals surface area contributed by atoms with E-state index < -0.39 is 6.03 Å². The Bertz CT molecular complexity index is 580. The molecule has 1 aromatic heterocycles. The Morgan fingerprint density at radius 2 is 2.15 bits per heavy atom. The van der Waals surface area contributed by atoms with Crippen molar-refractivity contribution in [2.45, 2.75) is 20.0 Å². The molecule has 0 aliphatic heterocycles. The third kappa shape index (κ3) is 3.55. The van der Waals surface area contributed by atoms with Gasteiger partial charge in [0.2, 0.25) is 0 Å². The molecule has 0 unspecified atom stereocenters. The van der Waals surface area contributed by atoms with E-state index in [1.165, 1.54) is 0 Å². The summed E-state index contributed by atoms with van der Waals surface area (Å²) >= 11 is 1.58. The van der Waals surface area contributed by atoms with Crippen LogP contribution in [0.15, 0.2) is 29.6 Å². The summed E-state index contributed by atoms with van der Waals surface area (Å²) in [6, 6.07) is 6.82. The average molecular weight is 291 g/mol. The number of rotatable bonds is 5. The summed E-state index contributed by atoms with van der Waals surface area (Å²) in [5.41, 5.74) is 7.63. The zero-order valence-corrected chi connectivity index (χ0v) is 12.2. The molecule has 106 valence electrons. The molecule has 5 nitrogen and oxygen atoms in total. The second kappa shape index (κ2) is 6.49. The second-order valence-electron chi connectivity index (χ2n) is 4.24. The molecule has 3 N–H and O–H groups in total. The van der Waals surface area contributed by atoms with Gasteiger partial charge in [-0.1, -0.05) is 12.1 Å². The van der Waals surface area contributed by atoms with Crippen molar-refractivity contribution in [3.8, 4) is 11.3 Å². The quantitative estimate of drug-likeness (QED) is 0.886. The lowest BCUT2D eigenvalue weighted by Gasteiger charge is -2.07. The van der Waals surface area contributed by atoms with Crippen molar-refractivity contribution < 1.29 is 9.53 Å². The Kier molecular flexibility index (Phi) is 4.70. The Morgan fingerprint density at radius 3 is 2.75 bits per heavy atom. The van der Waals surface area contributed by atoms with Crippen LogP contribution in [-0.2, 0) is 4.74 Å². The predicted octanol–water partition coefficient (Wildman–Crippen LogP) is 3.40. The fraction of sp³-hybridized carbons (Fsp3) is 0.286. The van der Waals surface area contributed by atoms with E-state index in [-0.39, 0.29) is 6.10 Å². The van der Waals surface area contributed by atoms with Crippen LogP contribution in [-0.4, -0.2) is 17.6 Å². The first kappa shape index (κ1) is 14.5. The van der Waals surface area contributed by atoms with Gasteiger partial charge in [0.05, 0.1) is 5.69 Å².